The zero-order valence-electron chi connectivity index (χ0n) is 16.4. The summed E-state index contributed by atoms with van der Waals surface area (Å²) in [5, 5.41) is 0.739. The minimum Gasteiger partial charge on any atom is -0.313 e. The van der Waals surface area contributed by atoms with E-state index in [1.54, 1.807) is 24.2 Å². The first-order chi connectivity index (χ1) is 14.2. The molecule has 1 aliphatic carbocycles. The zero-order chi connectivity index (χ0) is 21.3. The second kappa shape index (κ2) is 6.21. The average molecular weight is 426 g/mol. The lowest BCUT2D eigenvalue weighted by Gasteiger charge is -2.37. The summed E-state index contributed by atoms with van der Waals surface area (Å²) >= 11 is 0. The van der Waals surface area contributed by atoms with Gasteiger partial charge in [-0.2, -0.15) is 0 Å². The third-order valence-corrected chi connectivity index (χ3v) is 6.66. The summed E-state index contributed by atoms with van der Waals surface area (Å²) in [6.07, 6.45) is 8.02. The number of benzene rings is 1. The molecule has 0 unspecified atom stereocenters. The first-order valence-corrected chi connectivity index (χ1v) is 11.4. The van der Waals surface area contributed by atoms with Crippen molar-refractivity contribution in [2.75, 3.05) is 22.9 Å². The molecule has 0 bridgehead atoms. The maximum absolute atomic E-state index is 15.0. The molecule has 9 heteroatoms. The third-order valence-electron chi connectivity index (χ3n) is 6.05. The number of likely N-dealkylation sites (N-methyl/N-ethyl adjacent to an activating group) is 1. The number of nitrogens with zero attached hydrogens (tertiary/aromatic N) is 3. The molecule has 1 saturated carbocycles. The van der Waals surface area contributed by atoms with Crippen molar-refractivity contribution in [1.29, 1.82) is 0 Å². The Morgan fingerprint density at radius 1 is 1.17 bits per heavy atom. The highest BCUT2D eigenvalue weighted by Crippen LogP contribution is 2.55. The number of aromatic nitrogens is 2. The molecule has 1 amide bonds. The maximum Gasteiger partial charge on any atom is 0.237 e. The van der Waals surface area contributed by atoms with Crippen molar-refractivity contribution in [3.8, 4) is 11.1 Å². The summed E-state index contributed by atoms with van der Waals surface area (Å²) < 4.78 is 40.4. The van der Waals surface area contributed by atoms with Gasteiger partial charge in [-0.05, 0) is 25.0 Å². The lowest BCUT2D eigenvalue weighted by Crippen LogP contribution is -2.43. The molecular formula is C21H19FN4O3S. The second-order valence-corrected chi connectivity index (χ2v) is 9.75. The van der Waals surface area contributed by atoms with Gasteiger partial charge in [0.25, 0.3) is 0 Å². The molecule has 1 aliphatic heterocycles. The Balaban J connectivity index is 1.72. The lowest BCUT2D eigenvalue weighted by molar-refractivity contribution is -0.125. The Hall–Kier alpha value is -3.07. The number of hydrogen-bond acceptors (Lipinski definition) is 5. The minimum absolute atomic E-state index is 0.0601. The van der Waals surface area contributed by atoms with Gasteiger partial charge in [-0.25, -0.2) is 12.8 Å². The quantitative estimate of drug-likeness (QED) is 0.694. The first kappa shape index (κ1) is 18.9. The smallest absolute Gasteiger partial charge is 0.237 e. The summed E-state index contributed by atoms with van der Waals surface area (Å²) in [5.74, 6) is -0.432. The van der Waals surface area contributed by atoms with Crippen LogP contribution in [0.2, 0.25) is 0 Å². The molecule has 3 heterocycles. The van der Waals surface area contributed by atoms with E-state index in [2.05, 4.69) is 14.7 Å². The molecular weight excluding hydrogens is 407 g/mol. The topological polar surface area (TPSA) is 92.3 Å². The molecule has 0 atom stereocenters. The fraction of sp³-hybridized carbons (Fsp3) is 0.286. The normalized spacial score (nSPS) is 17.3. The number of rotatable bonds is 3. The Labute approximate surface area is 173 Å². The van der Waals surface area contributed by atoms with Crippen LogP contribution in [0.3, 0.4) is 0 Å². The molecule has 5 rings (SSSR count). The van der Waals surface area contributed by atoms with E-state index >= 15 is 0 Å². The Morgan fingerprint density at radius 2 is 1.93 bits per heavy atom. The molecule has 1 fully saturated rings. The molecule has 1 spiro atoms. The van der Waals surface area contributed by atoms with Gasteiger partial charge < -0.3 is 4.90 Å². The highest BCUT2D eigenvalue weighted by Gasteiger charge is 2.54. The van der Waals surface area contributed by atoms with Gasteiger partial charge in [0, 0.05) is 41.4 Å². The number of carbonyl (C=O) groups is 1. The Kier molecular flexibility index (Phi) is 3.92. The summed E-state index contributed by atoms with van der Waals surface area (Å²) in [7, 11) is -1.74. The van der Waals surface area contributed by atoms with Gasteiger partial charge >= 0.3 is 0 Å². The fourth-order valence-corrected chi connectivity index (χ4v) is 5.11. The first-order valence-electron chi connectivity index (χ1n) is 9.54. The molecule has 0 saturated heterocycles. The molecule has 3 aromatic rings. The van der Waals surface area contributed by atoms with Gasteiger partial charge in [-0.3, -0.25) is 19.5 Å². The summed E-state index contributed by atoms with van der Waals surface area (Å²) in [6, 6.07) is 4.59. The van der Waals surface area contributed by atoms with E-state index in [-0.39, 0.29) is 17.2 Å². The van der Waals surface area contributed by atoms with Crippen LogP contribution < -0.4 is 9.62 Å². The van der Waals surface area contributed by atoms with Crippen LogP contribution in [0.25, 0.3) is 22.0 Å². The monoisotopic (exact) mass is 426 g/mol. The number of carbonyl (C=O) groups excluding carboxylic acids is 1. The average Bonchev–Trinajstić information content (AvgIpc) is 2.88. The van der Waals surface area contributed by atoms with Crippen LogP contribution in [0.5, 0.6) is 0 Å². The number of amides is 1. The summed E-state index contributed by atoms with van der Waals surface area (Å²) in [4.78, 5) is 23.0. The molecule has 7 nitrogen and oxygen atoms in total. The number of halogens is 1. The second-order valence-electron chi connectivity index (χ2n) is 8.00. The van der Waals surface area contributed by atoms with Crippen LogP contribution in [0.4, 0.5) is 15.8 Å². The van der Waals surface area contributed by atoms with Crippen molar-refractivity contribution in [2.45, 2.75) is 24.7 Å². The highest BCUT2D eigenvalue weighted by molar-refractivity contribution is 7.92. The molecule has 0 radical (unpaired) electrons. The Morgan fingerprint density at radius 3 is 2.60 bits per heavy atom. The largest absolute Gasteiger partial charge is 0.313 e. The van der Waals surface area contributed by atoms with Gasteiger partial charge in [0.15, 0.2) is 0 Å². The van der Waals surface area contributed by atoms with Gasteiger partial charge in [-0.1, -0.05) is 6.42 Å². The number of nitrogens with one attached hydrogen (secondary N) is 1. The van der Waals surface area contributed by atoms with Crippen molar-refractivity contribution >= 4 is 38.2 Å². The van der Waals surface area contributed by atoms with Crippen molar-refractivity contribution in [3.63, 3.8) is 0 Å². The molecule has 2 aliphatic rings. The van der Waals surface area contributed by atoms with Crippen LogP contribution in [-0.4, -0.2) is 37.6 Å². The number of sulfonamides is 1. The van der Waals surface area contributed by atoms with E-state index in [4.69, 9.17) is 0 Å². The Bertz CT molecular complexity index is 1340. The van der Waals surface area contributed by atoms with E-state index in [1.165, 1.54) is 24.5 Å². The van der Waals surface area contributed by atoms with Gasteiger partial charge in [0.05, 0.1) is 41.0 Å². The number of fused-ring (bicyclic) bond motifs is 4. The third kappa shape index (κ3) is 2.68. The number of hydrogen-bond donors (Lipinski definition) is 1. The van der Waals surface area contributed by atoms with E-state index in [9.17, 15) is 17.6 Å². The van der Waals surface area contributed by atoms with Crippen LogP contribution in [0, 0.1) is 5.82 Å². The number of anilines is 2. The SMILES string of the molecule is CN1C(=O)C2(CCC2)c2c1cnc1cc(F)c(-c3cncc(NS(C)(=O)=O)c3)cc21. The van der Waals surface area contributed by atoms with Crippen molar-refractivity contribution in [1.82, 2.24) is 9.97 Å². The van der Waals surface area contributed by atoms with Gasteiger partial charge in [0.2, 0.25) is 15.9 Å². The van der Waals surface area contributed by atoms with Crippen LogP contribution in [0.15, 0.2) is 36.8 Å². The molecule has 1 aromatic carbocycles. The fourth-order valence-electron chi connectivity index (χ4n) is 4.57. The van der Waals surface area contributed by atoms with E-state index < -0.39 is 21.3 Å². The lowest BCUT2D eigenvalue weighted by atomic mass is 9.64. The molecule has 1 N–H and O–H groups in total. The van der Waals surface area contributed by atoms with Crippen molar-refractivity contribution in [2.24, 2.45) is 0 Å². The predicted molar refractivity (Wildman–Crippen MR) is 112 cm³/mol. The molecule has 30 heavy (non-hydrogen) atoms. The van der Waals surface area contributed by atoms with Crippen molar-refractivity contribution in [3.05, 3.63) is 48.2 Å². The number of pyridine rings is 2. The van der Waals surface area contributed by atoms with Gasteiger partial charge in [0.1, 0.15) is 5.82 Å². The van der Waals surface area contributed by atoms with Crippen LogP contribution in [0.1, 0.15) is 24.8 Å². The highest BCUT2D eigenvalue weighted by atomic mass is 32.2. The van der Waals surface area contributed by atoms with Crippen LogP contribution in [-0.2, 0) is 20.2 Å². The zero-order valence-corrected chi connectivity index (χ0v) is 17.3. The standard InChI is InChI=1S/C21H19FN4O3S/c1-26-18-11-24-17-8-16(22)14(12-6-13(10-23-9-12)25-30(2,28)29)7-15(17)19(18)21(20(26)27)4-3-5-21/h6-11,25H,3-5H2,1-2H3. The van der Waals surface area contributed by atoms with Gasteiger partial charge in [-0.15, -0.1) is 0 Å². The van der Waals surface area contributed by atoms with Crippen molar-refractivity contribution < 1.29 is 17.6 Å². The molecule has 154 valence electrons. The maximum atomic E-state index is 15.0. The molecule has 2 aromatic heterocycles. The minimum atomic E-state index is -3.49. The van der Waals surface area contributed by atoms with E-state index in [0.717, 1.165) is 42.2 Å². The predicted octanol–water partition coefficient (Wildman–Crippen LogP) is 3.21. The summed E-state index contributed by atoms with van der Waals surface area (Å²) in [5.41, 5.74) is 2.55. The van der Waals surface area contributed by atoms with Crippen LogP contribution >= 0.6 is 0 Å². The van der Waals surface area contributed by atoms with E-state index in [0.29, 0.717) is 11.1 Å². The summed E-state index contributed by atoms with van der Waals surface area (Å²) in [6.45, 7) is 0. The van der Waals surface area contributed by atoms with E-state index in [1.807, 2.05) is 0 Å².